The van der Waals surface area contributed by atoms with Crippen LogP contribution in [0.2, 0.25) is 0 Å². The van der Waals surface area contributed by atoms with E-state index in [1.54, 1.807) is 0 Å². The fourth-order valence-corrected chi connectivity index (χ4v) is 2.35. The monoisotopic (exact) mass is 310 g/mol. The van der Waals surface area contributed by atoms with Gasteiger partial charge in [-0.25, -0.2) is 4.39 Å². The third kappa shape index (κ3) is 4.07. The molecular weight excluding hydrogens is 299 g/mol. The summed E-state index contributed by atoms with van der Waals surface area (Å²) in [7, 11) is -3.57. The average Bonchev–Trinajstić information content (AvgIpc) is 2.20. The fourth-order valence-electron chi connectivity index (χ4n) is 0.987. The SMILES string of the molecule is CCCNS(=O)(=O)Nc1ccc(F)c(Br)c1. The van der Waals surface area contributed by atoms with E-state index in [-0.39, 0.29) is 4.47 Å². The van der Waals surface area contributed by atoms with Gasteiger partial charge in [0.1, 0.15) is 5.82 Å². The van der Waals surface area contributed by atoms with E-state index < -0.39 is 16.0 Å². The molecule has 0 bridgehead atoms. The number of benzene rings is 1. The summed E-state index contributed by atoms with van der Waals surface area (Å²) in [5.41, 5.74) is 0.303. The van der Waals surface area contributed by atoms with Gasteiger partial charge >= 0.3 is 0 Å². The van der Waals surface area contributed by atoms with Crippen molar-refractivity contribution in [2.24, 2.45) is 0 Å². The van der Waals surface area contributed by atoms with Crippen molar-refractivity contribution in [2.75, 3.05) is 11.3 Å². The summed E-state index contributed by atoms with van der Waals surface area (Å²) in [5.74, 6) is -0.440. The molecule has 1 rings (SSSR count). The number of nitrogens with one attached hydrogen (secondary N) is 2. The van der Waals surface area contributed by atoms with Gasteiger partial charge in [-0.05, 0) is 40.5 Å². The zero-order valence-electron chi connectivity index (χ0n) is 8.63. The molecule has 0 radical (unpaired) electrons. The minimum atomic E-state index is -3.57. The highest BCUT2D eigenvalue weighted by molar-refractivity contribution is 9.10. The van der Waals surface area contributed by atoms with Crippen LogP contribution in [0.3, 0.4) is 0 Å². The second-order valence-electron chi connectivity index (χ2n) is 3.13. The maximum Gasteiger partial charge on any atom is 0.299 e. The maximum absolute atomic E-state index is 12.9. The first-order chi connectivity index (χ1) is 7.44. The van der Waals surface area contributed by atoms with Crippen LogP contribution in [-0.4, -0.2) is 15.0 Å². The van der Waals surface area contributed by atoms with Gasteiger partial charge in [-0.1, -0.05) is 6.92 Å². The molecule has 4 nitrogen and oxygen atoms in total. The van der Waals surface area contributed by atoms with Crippen LogP contribution in [0.15, 0.2) is 22.7 Å². The highest BCUT2D eigenvalue weighted by Crippen LogP contribution is 2.20. The number of anilines is 1. The third-order valence-corrected chi connectivity index (χ3v) is 3.41. The molecule has 0 fully saturated rings. The molecule has 0 aliphatic carbocycles. The third-order valence-electron chi connectivity index (χ3n) is 1.71. The summed E-state index contributed by atoms with van der Waals surface area (Å²) in [6.45, 7) is 2.22. The second-order valence-corrected chi connectivity index (χ2v) is 5.48. The van der Waals surface area contributed by atoms with E-state index in [2.05, 4.69) is 25.4 Å². The van der Waals surface area contributed by atoms with Crippen molar-refractivity contribution in [3.63, 3.8) is 0 Å². The molecule has 0 unspecified atom stereocenters. The van der Waals surface area contributed by atoms with E-state index >= 15 is 0 Å². The predicted molar refractivity (Wildman–Crippen MR) is 64.9 cm³/mol. The lowest BCUT2D eigenvalue weighted by atomic mass is 10.3. The largest absolute Gasteiger partial charge is 0.299 e. The lowest BCUT2D eigenvalue weighted by Crippen LogP contribution is -2.30. The van der Waals surface area contributed by atoms with Crippen LogP contribution in [0.1, 0.15) is 13.3 Å². The van der Waals surface area contributed by atoms with Crippen LogP contribution in [0, 0.1) is 5.82 Å². The van der Waals surface area contributed by atoms with E-state index in [4.69, 9.17) is 0 Å². The summed E-state index contributed by atoms with van der Waals surface area (Å²) in [6.07, 6.45) is 0.702. The van der Waals surface area contributed by atoms with Crippen LogP contribution in [0.25, 0.3) is 0 Å². The highest BCUT2D eigenvalue weighted by Gasteiger charge is 2.09. The van der Waals surface area contributed by atoms with Crippen molar-refractivity contribution in [1.82, 2.24) is 4.72 Å². The summed E-state index contributed by atoms with van der Waals surface area (Å²) < 4.78 is 40.6. The molecule has 0 aliphatic heterocycles. The lowest BCUT2D eigenvalue weighted by Gasteiger charge is -2.08. The lowest BCUT2D eigenvalue weighted by molar-refractivity contribution is 0.586. The Morgan fingerprint density at radius 3 is 2.69 bits per heavy atom. The van der Waals surface area contributed by atoms with E-state index in [0.717, 1.165) is 0 Å². The predicted octanol–water partition coefficient (Wildman–Crippen LogP) is 2.24. The van der Waals surface area contributed by atoms with Gasteiger partial charge in [-0.15, -0.1) is 0 Å². The number of rotatable bonds is 5. The van der Waals surface area contributed by atoms with Crippen molar-refractivity contribution >= 4 is 31.8 Å². The topological polar surface area (TPSA) is 58.2 Å². The number of hydrogen-bond donors (Lipinski definition) is 2. The van der Waals surface area contributed by atoms with E-state index in [1.807, 2.05) is 6.92 Å². The highest BCUT2D eigenvalue weighted by atomic mass is 79.9. The minimum Gasteiger partial charge on any atom is -0.271 e. The normalized spacial score (nSPS) is 11.4. The average molecular weight is 311 g/mol. The molecule has 0 atom stereocenters. The van der Waals surface area contributed by atoms with Crippen molar-refractivity contribution in [2.45, 2.75) is 13.3 Å². The molecule has 90 valence electrons. The standard InChI is InChI=1S/C9H12BrFN2O2S/c1-2-5-12-16(14,15)13-7-3-4-9(11)8(10)6-7/h3-4,6,12-13H,2,5H2,1H3. The Morgan fingerprint density at radius 2 is 2.12 bits per heavy atom. The van der Waals surface area contributed by atoms with Gasteiger partial charge in [0.05, 0.1) is 10.2 Å². The molecule has 7 heteroatoms. The Morgan fingerprint density at radius 1 is 1.44 bits per heavy atom. The molecule has 0 amide bonds. The van der Waals surface area contributed by atoms with E-state index in [1.165, 1.54) is 18.2 Å². The first-order valence-electron chi connectivity index (χ1n) is 4.67. The molecule has 2 N–H and O–H groups in total. The molecule has 0 heterocycles. The van der Waals surface area contributed by atoms with Crippen molar-refractivity contribution in [3.05, 3.63) is 28.5 Å². The molecule has 0 saturated carbocycles. The fraction of sp³-hybridized carbons (Fsp3) is 0.333. The first kappa shape index (κ1) is 13.4. The molecule has 0 saturated heterocycles. The smallest absolute Gasteiger partial charge is 0.271 e. The van der Waals surface area contributed by atoms with Crippen LogP contribution < -0.4 is 9.44 Å². The summed E-state index contributed by atoms with van der Waals surface area (Å²) >= 11 is 2.98. The molecule has 1 aromatic carbocycles. The van der Waals surface area contributed by atoms with Crippen LogP contribution in [0.5, 0.6) is 0 Å². The Bertz CT molecular complexity index is 465. The Hall–Kier alpha value is -0.660. The van der Waals surface area contributed by atoms with Gasteiger partial charge in [0.15, 0.2) is 0 Å². The molecule has 1 aromatic rings. The van der Waals surface area contributed by atoms with Crippen LogP contribution in [0.4, 0.5) is 10.1 Å². The maximum atomic E-state index is 12.9. The van der Waals surface area contributed by atoms with Gasteiger partial charge in [0.2, 0.25) is 0 Å². The van der Waals surface area contributed by atoms with Crippen molar-refractivity contribution in [3.8, 4) is 0 Å². The number of hydrogen-bond acceptors (Lipinski definition) is 2. The second kappa shape index (κ2) is 5.60. The van der Waals surface area contributed by atoms with Gasteiger partial charge in [-0.2, -0.15) is 13.1 Å². The molecule has 0 spiro atoms. The van der Waals surface area contributed by atoms with Crippen molar-refractivity contribution in [1.29, 1.82) is 0 Å². The number of halogens is 2. The molecule has 0 aromatic heterocycles. The van der Waals surface area contributed by atoms with E-state index in [9.17, 15) is 12.8 Å². The zero-order chi connectivity index (χ0) is 12.2. The molecular formula is C9H12BrFN2O2S. The molecule has 0 aliphatic rings. The Balaban J connectivity index is 2.76. The Kier molecular flexibility index (Phi) is 4.69. The quantitative estimate of drug-likeness (QED) is 0.876. The van der Waals surface area contributed by atoms with Gasteiger partial charge in [0.25, 0.3) is 10.2 Å². The van der Waals surface area contributed by atoms with Crippen LogP contribution >= 0.6 is 15.9 Å². The summed E-state index contributed by atoms with van der Waals surface area (Å²) in [5, 5.41) is 0. The van der Waals surface area contributed by atoms with Crippen molar-refractivity contribution < 1.29 is 12.8 Å². The van der Waals surface area contributed by atoms with Gasteiger partial charge in [-0.3, -0.25) is 4.72 Å². The Labute approximate surface area is 103 Å². The van der Waals surface area contributed by atoms with E-state index in [0.29, 0.717) is 18.7 Å². The first-order valence-corrected chi connectivity index (χ1v) is 6.94. The van der Waals surface area contributed by atoms with Crippen LogP contribution in [-0.2, 0) is 10.2 Å². The van der Waals surface area contributed by atoms with Gasteiger partial charge < -0.3 is 0 Å². The molecule has 16 heavy (non-hydrogen) atoms. The summed E-state index contributed by atoms with van der Waals surface area (Å²) in [6, 6.07) is 3.90. The zero-order valence-corrected chi connectivity index (χ0v) is 11.0. The minimum absolute atomic E-state index is 0.211. The summed E-state index contributed by atoms with van der Waals surface area (Å²) in [4.78, 5) is 0. The van der Waals surface area contributed by atoms with Gasteiger partial charge in [0, 0.05) is 6.54 Å².